The summed E-state index contributed by atoms with van der Waals surface area (Å²) in [4.78, 5) is 64.1. The lowest BCUT2D eigenvalue weighted by molar-refractivity contribution is -0.120. The Kier molecular flexibility index (Phi) is 8.35. The molecule has 0 radical (unpaired) electrons. The van der Waals surface area contributed by atoms with Gasteiger partial charge in [0.1, 0.15) is 17.2 Å². The maximum Gasteiger partial charge on any atom is 0.328 e. The van der Waals surface area contributed by atoms with Gasteiger partial charge >= 0.3 is 6.03 Å². The Labute approximate surface area is 313 Å². The van der Waals surface area contributed by atoms with Gasteiger partial charge in [0.2, 0.25) is 11.9 Å². The highest BCUT2D eigenvalue weighted by molar-refractivity contribution is 6.07. The number of carbonyl (C=O) groups excluding carboxylic acids is 3. The maximum atomic E-state index is 13.1. The lowest BCUT2D eigenvalue weighted by atomic mass is 9.71. The minimum absolute atomic E-state index is 0.0223. The molecule has 0 atom stereocenters. The Morgan fingerprint density at radius 3 is 2.41 bits per heavy atom. The van der Waals surface area contributed by atoms with Gasteiger partial charge in [-0.3, -0.25) is 24.8 Å². The Morgan fingerprint density at radius 2 is 1.69 bits per heavy atom. The fourth-order valence-electron chi connectivity index (χ4n) is 8.83. The van der Waals surface area contributed by atoms with Gasteiger partial charge in [0, 0.05) is 87.4 Å². The van der Waals surface area contributed by atoms with E-state index in [4.69, 9.17) is 15.0 Å². The van der Waals surface area contributed by atoms with Crippen LogP contribution in [0.5, 0.6) is 0 Å². The van der Waals surface area contributed by atoms with E-state index < -0.39 is 6.03 Å². The molecule has 1 aromatic carbocycles. The van der Waals surface area contributed by atoms with Crippen LogP contribution in [0, 0.1) is 12.3 Å². The second-order valence-electron chi connectivity index (χ2n) is 15.6. The highest BCUT2D eigenvalue weighted by atomic mass is 16.2. The van der Waals surface area contributed by atoms with Crippen molar-refractivity contribution >= 4 is 68.6 Å². The number of nitrogens with one attached hydrogen (secondary N) is 2. The van der Waals surface area contributed by atoms with Gasteiger partial charge in [0.25, 0.3) is 5.91 Å². The third-order valence-corrected chi connectivity index (χ3v) is 11.9. The van der Waals surface area contributed by atoms with Crippen LogP contribution in [0.25, 0.3) is 21.9 Å². The van der Waals surface area contributed by atoms with Crippen LogP contribution in [0.15, 0.2) is 55.0 Å². The van der Waals surface area contributed by atoms with E-state index in [1.165, 1.54) is 5.69 Å². The number of anilines is 5. The zero-order valence-corrected chi connectivity index (χ0v) is 31.0. The van der Waals surface area contributed by atoms with Crippen LogP contribution in [0.3, 0.4) is 0 Å². The number of aryl methyl sites for hydroxylation is 1. The second kappa shape index (κ2) is 13.3. The van der Waals surface area contributed by atoms with Crippen molar-refractivity contribution in [3.8, 4) is 0 Å². The Morgan fingerprint density at radius 1 is 0.907 bits per heavy atom. The van der Waals surface area contributed by atoms with Crippen molar-refractivity contribution in [3.63, 3.8) is 0 Å². The minimum Gasteiger partial charge on any atom is -0.370 e. The van der Waals surface area contributed by atoms with Crippen LogP contribution in [0.2, 0.25) is 0 Å². The van der Waals surface area contributed by atoms with Crippen LogP contribution >= 0.6 is 0 Å². The van der Waals surface area contributed by atoms with E-state index in [1.54, 1.807) is 36.3 Å². The van der Waals surface area contributed by atoms with E-state index >= 15 is 0 Å². The van der Waals surface area contributed by atoms with E-state index in [1.807, 2.05) is 25.3 Å². The molecule has 278 valence electrons. The monoisotopic (exact) mass is 727 g/mol. The van der Waals surface area contributed by atoms with E-state index in [0.29, 0.717) is 29.4 Å². The van der Waals surface area contributed by atoms with Crippen LogP contribution in [-0.4, -0.2) is 94.1 Å². The van der Waals surface area contributed by atoms with E-state index in [9.17, 15) is 14.4 Å². The quantitative estimate of drug-likeness (QED) is 0.211. The van der Waals surface area contributed by atoms with Gasteiger partial charge in [0.15, 0.2) is 0 Å². The zero-order chi connectivity index (χ0) is 37.1. The summed E-state index contributed by atoms with van der Waals surface area (Å²) in [6.45, 7) is 6.36. The number of carbonyl (C=O) groups is 3. The lowest BCUT2D eigenvalue weighted by Crippen LogP contribution is -2.60. The number of pyridine rings is 2. The highest BCUT2D eigenvalue weighted by Gasteiger charge is 2.45. The molecule has 14 heteroatoms. The van der Waals surface area contributed by atoms with Crippen LogP contribution in [0.4, 0.5) is 33.6 Å². The molecule has 4 aromatic heterocycles. The number of amides is 4. The van der Waals surface area contributed by atoms with Crippen LogP contribution < -0.4 is 25.3 Å². The number of hydrogen-bond donors (Lipinski definition) is 2. The van der Waals surface area contributed by atoms with Gasteiger partial charge in [-0.05, 0) is 68.5 Å². The highest BCUT2D eigenvalue weighted by Crippen LogP contribution is 2.44. The number of fused-ring (bicyclic) bond motifs is 2. The molecule has 0 unspecified atom stereocenters. The van der Waals surface area contributed by atoms with Crippen molar-refractivity contribution in [2.24, 2.45) is 5.41 Å². The number of nitrogens with zero attached hydrogens (tertiary/aromatic N) is 9. The summed E-state index contributed by atoms with van der Waals surface area (Å²) in [6.07, 6.45) is 12.4. The molecule has 7 heterocycles. The van der Waals surface area contributed by atoms with Gasteiger partial charge in [-0.15, -0.1) is 0 Å². The smallest absolute Gasteiger partial charge is 0.328 e. The fourth-order valence-corrected chi connectivity index (χ4v) is 8.83. The molecule has 5 aromatic rings. The number of rotatable bonds is 7. The van der Waals surface area contributed by atoms with Crippen molar-refractivity contribution in [2.45, 2.75) is 57.9 Å². The molecule has 4 amide bonds. The van der Waals surface area contributed by atoms with Gasteiger partial charge in [-0.25, -0.2) is 14.8 Å². The van der Waals surface area contributed by atoms with Crippen molar-refractivity contribution < 1.29 is 14.4 Å². The molecule has 1 saturated carbocycles. The average molecular weight is 728 g/mol. The number of benzene rings is 1. The summed E-state index contributed by atoms with van der Waals surface area (Å²) < 4.78 is 2.12. The predicted molar refractivity (Wildman–Crippen MR) is 209 cm³/mol. The molecule has 3 saturated heterocycles. The summed E-state index contributed by atoms with van der Waals surface area (Å²) in [5, 5.41) is 7.57. The summed E-state index contributed by atoms with van der Waals surface area (Å²) in [7, 11) is 3.57. The zero-order valence-electron chi connectivity index (χ0n) is 31.0. The van der Waals surface area contributed by atoms with Crippen molar-refractivity contribution in [1.82, 2.24) is 34.7 Å². The lowest BCUT2D eigenvalue weighted by Gasteiger charge is -2.55. The van der Waals surface area contributed by atoms with E-state index in [0.717, 1.165) is 104 Å². The Bertz CT molecular complexity index is 2280. The molecule has 1 spiro atoms. The number of aromatic nitrogens is 5. The third-order valence-electron chi connectivity index (χ3n) is 11.9. The molecule has 4 fully saturated rings. The molecular weight excluding hydrogens is 683 g/mol. The van der Waals surface area contributed by atoms with E-state index in [2.05, 4.69) is 54.2 Å². The first-order valence-corrected chi connectivity index (χ1v) is 19.0. The molecule has 4 aliphatic rings. The van der Waals surface area contributed by atoms with Crippen molar-refractivity contribution in [1.29, 1.82) is 0 Å². The second-order valence-corrected chi connectivity index (χ2v) is 15.6. The van der Waals surface area contributed by atoms with Crippen LogP contribution in [0.1, 0.15) is 67.0 Å². The topological polar surface area (TPSA) is 145 Å². The normalized spacial score (nSPS) is 18.8. The maximum absolute atomic E-state index is 13.1. The molecule has 14 nitrogen and oxygen atoms in total. The predicted octanol–water partition coefficient (Wildman–Crippen LogP) is 5.80. The summed E-state index contributed by atoms with van der Waals surface area (Å²) in [5.41, 5.74) is 6.64. The van der Waals surface area contributed by atoms with Crippen molar-refractivity contribution in [2.75, 3.05) is 66.8 Å². The first-order valence-electron chi connectivity index (χ1n) is 19.0. The minimum atomic E-state index is -0.394. The van der Waals surface area contributed by atoms with Gasteiger partial charge in [-0.2, -0.15) is 4.98 Å². The molecular formula is C40H45N11O3. The van der Waals surface area contributed by atoms with Gasteiger partial charge < -0.3 is 24.6 Å². The fraction of sp³-hybridized carbons (Fsp3) is 0.425. The molecule has 2 N–H and O–H groups in total. The first kappa shape index (κ1) is 34.0. The van der Waals surface area contributed by atoms with Crippen molar-refractivity contribution in [3.05, 3.63) is 66.2 Å². The number of piperidine rings is 1. The third kappa shape index (κ3) is 6.02. The number of urea groups is 1. The van der Waals surface area contributed by atoms with Gasteiger partial charge in [-0.1, -0.05) is 18.9 Å². The summed E-state index contributed by atoms with van der Waals surface area (Å²) >= 11 is 0. The standard InChI is InChI=1S/C40H45N11O3/c1-25-30-10-8-28(19-31(30)41-22-33(25)50-15-12-35(52)45-39(50)54)49-23-40(24-49)13-16-48(17-14-40)29-9-11-34(42-21-29)44-38-43-20-26-18-32(37(53)47(2)3)51(36(26)46-38)27-6-4-5-7-27/h8-11,18-22,27H,4-7,12-17,23-24H2,1-3H3,(H,45,52,54)(H,42,43,44,46). The number of hydrogen-bond acceptors (Lipinski definition) is 10. The summed E-state index contributed by atoms with van der Waals surface area (Å²) in [5.74, 6) is 0.873. The largest absolute Gasteiger partial charge is 0.370 e. The molecule has 54 heavy (non-hydrogen) atoms. The van der Waals surface area contributed by atoms with Crippen LogP contribution in [-0.2, 0) is 4.79 Å². The molecule has 9 rings (SSSR count). The Balaban J connectivity index is 0.823. The molecule has 1 aliphatic carbocycles. The molecule has 3 aliphatic heterocycles. The average Bonchev–Trinajstić information content (AvgIpc) is 3.82. The SMILES string of the molecule is Cc1c(N2CCC(=O)NC2=O)cnc2cc(N3CC4(CCN(c5ccc(Nc6ncc7cc(C(=O)N(C)C)n(C8CCCC8)c7n6)nc5)CC4)C3)ccc12. The number of imide groups is 1. The first-order chi connectivity index (χ1) is 26.1. The van der Waals surface area contributed by atoms with E-state index in [-0.39, 0.29) is 24.3 Å². The molecule has 0 bridgehead atoms. The summed E-state index contributed by atoms with van der Waals surface area (Å²) in [6, 6.07) is 12.3. The van der Waals surface area contributed by atoms with Gasteiger partial charge in [0.05, 0.1) is 29.3 Å². The Hall–Kier alpha value is -5.79.